The molecule has 0 radical (unpaired) electrons. The Hall–Kier alpha value is -3.27. The molecule has 0 bridgehead atoms. The number of fused-ring (bicyclic) bond motifs is 1. The smallest absolute Gasteiger partial charge is 0.387 e. The molecule has 0 spiro atoms. The number of nitrogens with zero attached hydrogens (tertiary/aromatic N) is 2. The number of aromatic nitrogens is 2. The largest absolute Gasteiger partial charge is 0.493 e. The van der Waals surface area contributed by atoms with E-state index in [0.29, 0.717) is 16.5 Å². The molecule has 3 rings (SSSR count). The van der Waals surface area contributed by atoms with Gasteiger partial charge in [0.25, 0.3) is 5.56 Å². The zero-order valence-electron chi connectivity index (χ0n) is 14.8. The fraction of sp³-hybridized carbons (Fsp3) is 0.167. The van der Waals surface area contributed by atoms with E-state index >= 15 is 0 Å². The van der Waals surface area contributed by atoms with Crippen molar-refractivity contribution in [3.63, 3.8) is 0 Å². The first-order chi connectivity index (χ1) is 13.4. The summed E-state index contributed by atoms with van der Waals surface area (Å²) in [7, 11) is 2.61. The van der Waals surface area contributed by atoms with Gasteiger partial charge in [0, 0.05) is 5.56 Å². The summed E-state index contributed by atoms with van der Waals surface area (Å²) in [6, 6.07) is 9.73. The van der Waals surface area contributed by atoms with Crippen molar-refractivity contribution in [3.05, 3.63) is 57.1 Å². The fourth-order valence-corrected chi connectivity index (χ4v) is 2.80. The maximum absolute atomic E-state index is 12.6. The van der Waals surface area contributed by atoms with Gasteiger partial charge in [-0.3, -0.25) is 4.79 Å². The molecular weight excluding hydrogens is 392 g/mol. The number of rotatable bonds is 6. The van der Waals surface area contributed by atoms with Gasteiger partial charge in [0.2, 0.25) is 10.5 Å². The second-order valence-electron chi connectivity index (χ2n) is 5.47. The minimum absolute atomic E-state index is 0.0251. The molecule has 7 nitrogen and oxygen atoms in total. The molecule has 0 atom stereocenters. The Bertz CT molecular complexity index is 1130. The second kappa shape index (κ2) is 8.17. The van der Waals surface area contributed by atoms with Crippen LogP contribution in [0.1, 0.15) is 5.56 Å². The third kappa shape index (κ3) is 3.86. The average Bonchev–Trinajstić information content (AvgIpc) is 2.68. The number of nitrogens with one attached hydrogen (secondary N) is 1. The summed E-state index contributed by atoms with van der Waals surface area (Å²) in [6.45, 7) is -3.04. The van der Waals surface area contributed by atoms with E-state index in [9.17, 15) is 13.6 Å². The van der Waals surface area contributed by atoms with Crippen molar-refractivity contribution in [2.75, 3.05) is 14.2 Å². The highest BCUT2D eigenvalue weighted by Gasteiger charge is 2.17. The van der Waals surface area contributed by atoms with Crippen LogP contribution >= 0.6 is 12.2 Å². The first kappa shape index (κ1) is 19.5. The van der Waals surface area contributed by atoms with E-state index in [2.05, 4.69) is 14.8 Å². The number of ether oxygens (including phenoxy) is 3. The third-order valence-electron chi connectivity index (χ3n) is 3.80. The van der Waals surface area contributed by atoms with E-state index in [1.807, 2.05) is 0 Å². The Morgan fingerprint density at radius 1 is 1.18 bits per heavy atom. The zero-order chi connectivity index (χ0) is 20.3. The normalized spacial score (nSPS) is 11.3. The molecule has 28 heavy (non-hydrogen) atoms. The fourth-order valence-electron chi connectivity index (χ4n) is 2.56. The van der Waals surface area contributed by atoms with Gasteiger partial charge < -0.3 is 19.2 Å². The summed E-state index contributed by atoms with van der Waals surface area (Å²) in [5, 5.41) is 4.53. The van der Waals surface area contributed by atoms with Crippen molar-refractivity contribution in [2.45, 2.75) is 6.61 Å². The van der Waals surface area contributed by atoms with Crippen LogP contribution < -0.4 is 19.8 Å². The number of aromatic amines is 1. The predicted octanol–water partition coefficient (Wildman–Crippen LogP) is 3.56. The standard InChI is InChI=1S/C18H15F2N3O4S/c1-25-13-7-10(8-14(26-2)15(13)27-17(19)20)9-21-23-16(24)11-5-3-4-6-12(11)22-18(23)28/h3-9,17H,1-2H3,(H,22,28)/b21-9-. The predicted molar refractivity (Wildman–Crippen MR) is 103 cm³/mol. The molecule has 0 aliphatic heterocycles. The number of H-pyrrole nitrogens is 1. The third-order valence-corrected chi connectivity index (χ3v) is 4.07. The maximum atomic E-state index is 12.6. The lowest BCUT2D eigenvalue weighted by molar-refractivity contribution is -0.0526. The second-order valence-corrected chi connectivity index (χ2v) is 5.86. The van der Waals surface area contributed by atoms with E-state index in [4.69, 9.17) is 21.7 Å². The number of para-hydroxylation sites is 1. The molecule has 0 saturated heterocycles. The lowest BCUT2D eigenvalue weighted by Gasteiger charge is -2.14. The van der Waals surface area contributed by atoms with Crippen LogP contribution in [0.25, 0.3) is 10.9 Å². The highest BCUT2D eigenvalue weighted by atomic mass is 32.1. The van der Waals surface area contributed by atoms with Crippen molar-refractivity contribution >= 4 is 29.3 Å². The minimum Gasteiger partial charge on any atom is -0.493 e. The van der Waals surface area contributed by atoms with E-state index in [1.54, 1.807) is 24.3 Å². The van der Waals surface area contributed by atoms with Crippen LogP contribution in [0.5, 0.6) is 17.2 Å². The Morgan fingerprint density at radius 3 is 2.43 bits per heavy atom. The van der Waals surface area contributed by atoms with Crippen LogP contribution in [0.4, 0.5) is 8.78 Å². The lowest BCUT2D eigenvalue weighted by Crippen LogP contribution is -2.18. The van der Waals surface area contributed by atoms with Gasteiger partial charge in [0.1, 0.15) is 0 Å². The van der Waals surface area contributed by atoms with Crippen LogP contribution in [-0.4, -0.2) is 36.7 Å². The zero-order valence-corrected chi connectivity index (χ0v) is 15.6. The molecule has 0 saturated carbocycles. The molecule has 0 amide bonds. The monoisotopic (exact) mass is 407 g/mol. The molecule has 10 heteroatoms. The number of benzene rings is 2. The number of methoxy groups -OCH3 is 2. The number of hydrogen-bond donors (Lipinski definition) is 1. The Kier molecular flexibility index (Phi) is 5.69. The Morgan fingerprint density at radius 2 is 1.82 bits per heavy atom. The first-order valence-corrected chi connectivity index (χ1v) is 8.34. The van der Waals surface area contributed by atoms with Gasteiger partial charge in [-0.05, 0) is 36.5 Å². The minimum atomic E-state index is -3.04. The molecular formula is C18H15F2N3O4S. The summed E-state index contributed by atoms with van der Waals surface area (Å²) in [4.78, 5) is 15.5. The molecule has 0 aliphatic carbocycles. The van der Waals surface area contributed by atoms with Gasteiger partial charge in [-0.15, -0.1) is 0 Å². The SMILES string of the molecule is COc1cc(/C=N\n2c(=S)[nH]c3ccccc3c2=O)cc(OC)c1OC(F)F. The molecule has 0 unspecified atom stereocenters. The van der Waals surface area contributed by atoms with Crippen LogP contribution in [0, 0.1) is 4.77 Å². The summed E-state index contributed by atoms with van der Waals surface area (Å²) in [5.41, 5.74) is 0.623. The highest BCUT2D eigenvalue weighted by molar-refractivity contribution is 7.71. The van der Waals surface area contributed by atoms with Crippen molar-refractivity contribution in [3.8, 4) is 17.2 Å². The quantitative estimate of drug-likeness (QED) is 0.499. The van der Waals surface area contributed by atoms with Gasteiger partial charge in [-0.25, -0.2) is 0 Å². The molecule has 2 aromatic carbocycles. The topological polar surface area (TPSA) is 77.8 Å². The Labute approximate surface area is 162 Å². The first-order valence-electron chi connectivity index (χ1n) is 7.94. The van der Waals surface area contributed by atoms with Gasteiger partial charge in [-0.1, -0.05) is 12.1 Å². The van der Waals surface area contributed by atoms with Crippen molar-refractivity contribution in [1.29, 1.82) is 0 Å². The molecule has 0 aliphatic rings. The van der Waals surface area contributed by atoms with Crippen LogP contribution in [0.3, 0.4) is 0 Å². The van der Waals surface area contributed by atoms with Crippen molar-refractivity contribution < 1.29 is 23.0 Å². The van der Waals surface area contributed by atoms with Crippen molar-refractivity contribution in [2.24, 2.45) is 5.10 Å². The summed E-state index contributed by atoms with van der Waals surface area (Å²) >= 11 is 5.19. The number of alkyl halides is 2. The van der Waals surface area contributed by atoms with Crippen molar-refractivity contribution in [1.82, 2.24) is 9.66 Å². The van der Waals surface area contributed by atoms with E-state index in [0.717, 1.165) is 4.68 Å². The average molecular weight is 407 g/mol. The summed E-state index contributed by atoms with van der Waals surface area (Å²) in [6.07, 6.45) is 1.33. The molecule has 1 N–H and O–H groups in total. The van der Waals surface area contributed by atoms with Crippen LogP contribution in [0.2, 0.25) is 0 Å². The molecule has 3 aromatic rings. The van der Waals surface area contributed by atoms with Crippen LogP contribution in [-0.2, 0) is 0 Å². The molecule has 1 aromatic heterocycles. The number of hydrogen-bond acceptors (Lipinski definition) is 6. The summed E-state index contributed by atoms with van der Waals surface area (Å²) < 4.78 is 41.0. The van der Waals surface area contributed by atoms with E-state index < -0.39 is 12.2 Å². The Balaban J connectivity index is 2.07. The lowest BCUT2D eigenvalue weighted by atomic mass is 10.2. The van der Waals surface area contributed by atoms with Crippen LogP contribution in [0.15, 0.2) is 46.3 Å². The van der Waals surface area contributed by atoms with E-state index in [1.165, 1.54) is 32.6 Å². The summed E-state index contributed by atoms with van der Waals surface area (Å²) in [5.74, 6) is -0.188. The molecule has 0 fully saturated rings. The van der Waals surface area contributed by atoms with Gasteiger partial charge in [0.15, 0.2) is 11.5 Å². The molecule has 146 valence electrons. The van der Waals surface area contributed by atoms with Gasteiger partial charge in [-0.2, -0.15) is 18.6 Å². The molecule has 1 heterocycles. The maximum Gasteiger partial charge on any atom is 0.387 e. The van der Waals surface area contributed by atoms with Gasteiger partial charge >= 0.3 is 6.61 Å². The number of halogens is 2. The highest BCUT2D eigenvalue weighted by Crippen LogP contribution is 2.39. The van der Waals surface area contributed by atoms with E-state index in [-0.39, 0.29) is 22.0 Å². The van der Waals surface area contributed by atoms with Gasteiger partial charge in [0.05, 0.1) is 31.3 Å².